The van der Waals surface area contributed by atoms with Gasteiger partial charge in [-0.3, -0.25) is 4.79 Å². The Morgan fingerprint density at radius 3 is 2.67 bits per heavy atom. The van der Waals surface area contributed by atoms with Gasteiger partial charge in [-0.2, -0.15) is 0 Å². The molecular formula is C12H17N3O6. The number of ether oxygens (including phenoxy) is 2. The molecule has 0 fully saturated rings. The van der Waals surface area contributed by atoms with Crippen LogP contribution in [0.3, 0.4) is 0 Å². The Bertz CT molecular complexity index is 522. The SMILES string of the molecule is CCOC(=O)CC(O)C(O)c1cnc(N)c(C(=O)OC)n1. The monoisotopic (exact) mass is 299 g/mol. The summed E-state index contributed by atoms with van der Waals surface area (Å²) < 4.78 is 9.13. The number of carbonyl (C=O) groups excluding carboxylic acids is 2. The summed E-state index contributed by atoms with van der Waals surface area (Å²) in [5.74, 6) is -1.66. The van der Waals surface area contributed by atoms with Crippen molar-refractivity contribution >= 4 is 17.8 Å². The number of nitrogens with zero attached hydrogens (tertiary/aromatic N) is 2. The van der Waals surface area contributed by atoms with Crippen molar-refractivity contribution in [1.29, 1.82) is 0 Å². The molecule has 0 aliphatic carbocycles. The van der Waals surface area contributed by atoms with Gasteiger partial charge in [0, 0.05) is 0 Å². The summed E-state index contributed by atoms with van der Waals surface area (Å²) in [5, 5.41) is 19.7. The second-order valence-corrected chi connectivity index (χ2v) is 4.04. The molecule has 0 aliphatic heterocycles. The first kappa shape index (κ1) is 16.8. The molecule has 0 aromatic carbocycles. The van der Waals surface area contributed by atoms with Crippen molar-refractivity contribution < 1.29 is 29.3 Å². The fourth-order valence-corrected chi connectivity index (χ4v) is 1.50. The van der Waals surface area contributed by atoms with Crippen LogP contribution in [-0.4, -0.2) is 51.9 Å². The Kier molecular flexibility index (Phi) is 6.00. The molecule has 0 saturated carbocycles. The zero-order chi connectivity index (χ0) is 16.0. The molecule has 0 saturated heterocycles. The molecule has 21 heavy (non-hydrogen) atoms. The Morgan fingerprint density at radius 2 is 2.10 bits per heavy atom. The molecule has 1 aromatic heterocycles. The van der Waals surface area contributed by atoms with Gasteiger partial charge >= 0.3 is 11.9 Å². The molecule has 9 heteroatoms. The topological polar surface area (TPSA) is 145 Å². The van der Waals surface area contributed by atoms with Crippen molar-refractivity contribution in [3.63, 3.8) is 0 Å². The molecule has 0 amide bonds. The molecule has 2 atom stereocenters. The number of hydrogen-bond donors (Lipinski definition) is 3. The number of aromatic nitrogens is 2. The third-order valence-corrected chi connectivity index (χ3v) is 2.55. The lowest BCUT2D eigenvalue weighted by molar-refractivity contribution is -0.147. The van der Waals surface area contributed by atoms with Crippen LogP contribution in [0.2, 0.25) is 0 Å². The molecule has 2 unspecified atom stereocenters. The molecule has 0 aliphatic rings. The first-order valence-corrected chi connectivity index (χ1v) is 6.13. The highest BCUT2D eigenvalue weighted by molar-refractivity contribution is 5.91. The van der Waals surface area contributed by atoms with E-state index in [4.69, 9.17) is 5.73 Å². The third kappa shape index (κ3) is 4.36. The van der Waals surface area contributed by atoms with E-state index in [1.54, 1.807) is 6.92 Å². The van der Waals surface area contributed by atoms with Crippen molar-refractivity contribution in [3.05, 3.63) is 17.6 Å². The van der Waals surface area contributed by atoms with Crippen LogP contribution < -0.4 is 5.73 Å². The number of anilines is 1. The Balaban J connectivity index is 2.89. The zero-order valence-corrected chi connectivity index (χ0v) is 11.6. The van der Waals surface area contributed by atoms with E-state index in [0.717, 1.165) is 13.3 Å². The Labute approximate surface area is 120 Å². The van der Waals surface area contributed by atoms with Gasteiger partial charge < -0.3 is 25.4 Å². The fourth-order valence-electron chi connectivity index (χ4n) is 1.50. The van der Waals surface area contributed by atoms with E-state index < -0.39 is 30.6 Å². The lowest BCUT2D eigenvalue weighted by atomic mass is 10.1. The number of esters is 2. The minimum atomic E-state index is -1.52. The van der Waals surface area contributed by atoms with Crippen molar-refractivity contribution in [1.82, 2.24) is 9.97 Å². The van der Waals surface area contributed by atoms with Crippen LogP contribution in [0.1, 0.15) is 35.6 Å². The minimum Gasteiger partial charge on any atom is -0.466 e. The quantitative estimate of drug-likeness (QED) is 0.574. The summed E-state index contributed by atoms with van der Waals surface area (Å²) in [6.45, 7) is 1.78. The first-order valence-electron chi connectivity index (χ1n) is 6.13. The van der Waals surface area contributed by atoms with Gasteiger partial charge in [-0.25, -0.2) is 14.8 Å². The fraction of sp³-hybridized carbons (Fsp3) is 0.500. The highest BCUT2D eigenvalue weighted by Crippen LogP contribution is 2.19. The highest BCUT2D eigenvalue weighted by Gasteiger charge is 2.25. The van der Waals surface area contributed by atoms with Crippen LogP contribution in [0.25, 0.3) is 0 Å². The molecule has 1 rings (SSSR count). The van der Waals surface area contributed by atoms with Gasteiger partial charge in [0.2, 0.25) is 0 Å². The van der Waals surface area contributed by atoms with E-state index in [2.05, 4.69) is 19.4 Å². The maximum absolute atomic E-state index is 11.4. The van der Waals surface area contributed by atoms with Crippen molar-refractivity contribution in [2.24, 2.45) is 0 Å². The smallest absolute Gasteiger partial charge is 0.360 e. The van der Waals surface area contributed by atoms with Gasteiger partial charge in [-0.05, 0) is 6.92 Å². The molecule has 1 heterocycles. The molecule has 0 radical (unpaired) electrons. The summed E-state index contributed by atoms with van der Waals surface area (Å²) in [7, 11) is 1.14. The lowest BCUT2D eigenvalue weighted by Gasteiger charge is -2.17. The number of aliphatic hydroxyl groups excluding tert-OH is 2. The molecular weight excluding hydrogens is 282 g/mol. The van der Waals surface area contributed by atoms with Crippen molar-refractivity contribution in [2.75, 3.05) is 19.5 Å². The predicted molar refractivity (Wildman–Crippen MR) is 70.0 cm³/mol. The summed E-state index contributed by atoms with van der Waals surface area (Å²) >= 11 is 0. The summed E-state index contributed by atoms with van der Waals surface area (Å²) in [4.78, 5) is 30.1. The van der Waals surface area contributed by atoms with Gasteiger partial charge in [0.15, 0.2) is 11.5 Å². The van der Waals surface area contributed by atoms with E-state index in [0.29, 0.717) is 0 Å². The molecule has 9 nitrogen and oxygen atoms in total. The van der Waals surface area contributed by atoms with Crippen LogP contribution in [0.4, 0.5) is 5.82 Å². The maximum Gasteiger partial charge on any atom is 0.360 e. The van der Waals surface area contributed by atoms with E-state index in [-0.39, 0.29) is 23.8 Å². The summed E-state index contributed by atoms with van der Waals surface area (Å²) in [6, 6.07) is 0. The molecule has 0 spiro atoms. The maximum atomic E-state index is 11.4. The Hall–Kier alpha value is -2.26. The molecule has 116 valence electrons. The standard InChI is InChI=1S/C12H17N3O6/c1-3-21-8(17)4-7(16)10(18)6-5-14-11(13)9(15-6)12(19)20-2/h5,7,10,16,18H,3-4H2,1-2H3,(H2,13,14). The average Bonchev–Trinajstić information content (AvgIpc) is 2.46. The number of methoxy groups -OCH3 is 1. The van der Waals surface area contributed by atoms with E-state index in [1.165, 1.54) is 0 Å². The van der Waals surface area contributed by atoms with E-state index in [9.17, 15) is 19.8 Å². The van der Waals surface area contributed by atoms with Crippen molar-refractivity contribution in [2.45, 2.75) is 25.6 Å². The first-order chi connectivity index (χ1) is 9.90. The van der Waals surface area contributed by atoms with Crippen molar-refractivity contribution in [3.8, 4) is 0 Å². The number of nitrogens with two attached hydrogens (primary N) is 1. The second kappa shape index (κ2) is 7.50. The second-order valence-electron chi connectivity index (χ2n) is 4.04. The zero-order valence-electron chi connectivity index (χ0n) is 11.6. The van der Waals surface area contributed by atoms with Gasteiger partial charge in [0.1, 0.15) is 6.10 Å². The largest absolute Gasteiger partial charge is 0.466 e. The van der Waals surface area contributed by atoms with Gasteiger partial charge in [-0.1, -0.05) is 0 Å². The average molecular weight is 299 g/mol. The minimum absolute atomic E-state index is 0.110. The molecule has 0 bridgehead atoms. The number of nitrogen functional groups attached to an aromatic ring is 1. The number of carbonyl (C=O) groups is 2. The van der Waals surface area contributed by atoms with E-state index >= 15 is 0 Å². The Morgan fingerprint density at radius 1 is 1.43 bits per heavy atom. The van der Waals surface area contributed by atoms with Crippen LogP contribution in [0, 0.1) is 0 Å². The van der Waals surface area contributed by atoms with Gasteiger partial charge in [0.05, 0.1) is 38.1 Å². The summed E-state index contributed by atoms with van der Waals surface area (Å²) in [6.07, 6.45) is -2.30. The van der Waals surface area contributed by atoms with Crippen LogP contribution >= 0.6 is 0 Å². The lowest BCUT2D eigenvalue weighted by Crippen LogP contribution is -2.25. The van der Waals surface area contributed by atoms with Gasteiger partial charge in [-0.15, -0.1) is 0 Å². The molecule has 4 N–H and O–H groups in total. The van der Waals surface area contributed by atoms with Crippen LogP contribution in [0.15, 0.2) is 6.20 Å². The normalized spacial score (nSPS) is 13.3. The number of rotatable bonds is 6. The van der Waals surface area contributed by atoms with Crippen LogP contribution in [0.5, 0.6) is 0 Å². The number of aliphatic hydroxyl groups is 2. The van der Waals surface area contributed by atoms with Gasteiger partial charge in [0.25, 0.3) is 0 Å². The van der Waals surface area contributed by atoms with Crippen LogP contribution in [-0.2, 0) is 14.3 Å². The predicted octanol–water partition coefficient (Wildman–Crippen LogP) is -0.807. The molecule has 1 aromatic rings. The summed E-state index contributed by atoms with van der Waals surface area (Å²) in [5.41, 5.74) is 5.08. The van der Waals surface area contributed by atoms with E-state index in [1.807, 2.05) is 0 Å². The third-order valence-electron chi connectivity index (χ3n) is 2.55. The highest BCUT2D eigenvalue weighted by atomic mass is 16.5. The number of hydrogen-bond acceptors (Lipinski definition) is 9.